The highest BCUT2D eigenvalue weighted by atomic mass is 16.6. The molecule has 0 aromatic rings. The van der Waals surface area contributed by atoms with E-state index in [1.165, 1.54) is 12.0 Å². The Kier molecular flexibility index (Phi) is 27.7. The van der Waals surface area contributed by atoms with Crippen molar-refractivity contribution < 1.29 is 77.2 Å². The van der Waals surface area contributed by atoms with Crippen LogP contribution in [0.4, 0.5) is 0 Å². The fourth-order valence-electron chi connectivity index (χ4n) is 11.0. The lowest BCUT2D eigenvalue weighted by Gasteiger charge is -2.43. The van der Waals surface area contributed by atoms with Gasteiger partial charge in [-0.3, -0.25) is 19.2 Å². The van der Waals surface area contributed by atoms with Crippen LogP contribution in [0.5, 0.6) is 0 Å². The number of allylic oxidation sites excluding steroid dienone is 6. The summed E-state index contributed by atoms with van der Waals surface area (Å²) in [6.45, 7) is 16.8. The number of nitrogens with zero attached hydrogens (tertiary/aromatic N) is 1. The maximum atomic E-state index is 14.6. The summed E-state index contributed by atoms with van der Waals surface area (Å²) in [5.74, 6) is -8.19. The molecular formula is C58H93NO16. The lowest BCUT2D eigenvalue weighted by Crippen LogP contribution is -2.61. The molecule has 3 N–H and O–H groups in total. The average Bonchev–Trinajstić information content (AvgIpc) is 3.39. The third-order valence-electron chi connectivity index (χ3n) is 15.7. The molecule has 75 heavy (non-hydrogen) atoms. The Bertz CT molecular complexity index is 1930. The van der Waals surface area contributed by atoms with Crippen LogP contribution in [0, 0.1) is 35.5 Å². The number of esters is 1. The van der Waals surface area contributed by atoms with Crippen LogP contribution in [0.3, 0.4) is 0 Å². The van der Waals surface area contributed by atoms with Gasteiger partial charge in [0.1, 0.15) is 30.1 Å². The molecule has 1 aliphatic carbocycles. The minimum Gasteiger partial charge on any atom is -0.460 e. The number of piperidine rings is 1. The summed E-state index contributed by atoms with van der Waals surface area (Å²) in [5.41, 5.74) is 1.23. The van der Waals surface area contributed by atoms with Crippen molar-refractivity contribution in [3.05, 3.63) is 47.6 Å². The van der Waals surface area contributed by atoms with Crippen molar-refractivity contribution >= 4 is 29.2 Å². The minimum atomic E-state index is -2.48. The number of aliphatic hydroxyl groups excluding tert-OH is 2. The highest BCUT2D eigenvalue weighted by Gasteiger charge is 2.53. The van der Waals surface area contributed by atoms with E-state index in [0.717, 1.165) is 12.0 Å². The Labute approximate surface area is 447 Å². The van der Waals surface area contributed by atoms with Crippen LogP contribution >= 0.6 is 0 Å². The molecule has 17 heteroatoms. The molecule has 2 saturated heterocycles. The summed E-state index contributed by atoms with van der Waals surface area (Å²) in [5, 5.41) is 33.1. The zero-order valence-electron chi connectivity index (χ0n) is 46.8. The molecule has 4 aliphatic rings. The summed E-state index contributed by atoms with van der Waals surface area (Å²) in [7, 11) is 3.01. The first-order valence-electron chi connectivity index (χ1n) is 27.7. The van der Waals surface area contributed by atoms with E-state index in [4.69, 9.17) is 37.9 Å². The first-order valence-corrected chi connectivity index (χ1v) is 27.7. The van der Waals surface area contributed by atoms with Gasteiger partial charge in [-0.2, -0.15) is 0 Å². The molecule has 1 saturated carbocycles. The van der Waals surface area contributed by atoms with Crippen LogP contribution in [0.15, 0.2) is 47.6 Å². The Morgan fingerprint density at radius 2 is 1.55 bits per heavy atom. The van der Waals surface area contributed by atoms with Crippen LogP contribution in [0.25, 0.3) is 0 Å². The van der Waals surface area contributed by atoms with Crippen LogP contribution in [-0.4, -0.2) is 171 Å². The first kappa shape index (κ1) is 64.0. The highest BCUT2D eigenvalue weighted by Crippen LogP contribution is 2.38. The minimum absolute atomic E-state index is 0.0100. The number of carbonyl (C=O) groups is 5. The van der Waals surface area contributed by atoms with Crippen molar-refractivity contribution in [1.29, 1.82) is 0 Å². The number of ketones is 3. The predicted octanol–water partition coefficient (Wildman–Crippen LogP) is 6.62. The molecule has 3 heterocycles. The second-order valence-corrected chi connectivity index (χ2v) is 21.6. The van der Waals surface area contributed by atoms with Gasteiger partial charge in [-0.1, -0.05) is 71.1 Å². The zero-order chi connectivity index (χ0) is 55.2. The van der Waals surface area contributed by atoms with E-state index >= 15 is 0 Å². The van der Waals surface area contributed by atoms with Gasteiger partial charge in [0, 0.05) is 58.0 Å². The number of aliphatic hydroxyl groups is 3. The molecule has 0 radical (unpaired) electrons. The summed E-state index contributed by atoms with van der Waals surface area (Å²) < 4.78 is 47.4. The van der Waals surface area contributed by atoms with E-state index in [0.29, 0.717) is 83.4 Å². The summed E-state index contributed by atoms with van der Waals surface area (Å²) in [6.07, 6.45) is 11.6. The van der Waals surface area contributed by atoms with Crippen molar-refractivity contribution in [1.82, 2.24) is 4.90 Å². The van der Waals surface area contributed by atoms with Crippen LogP contribution < -0.4 is 0 Å². The molecule has 15 atom stereocenters. The molecule has 426 valence electrons. The number of Topliss-reactive ketones (excluding diaryl/α,β-unsaturated/α-hetero) is 3. The molecule has 0 spiro atoms. The van der Waals surface area contributed by atoms with E-state index in [9.17, 15) is 39.3 Å². The summed E-state index contributed by atoms with van der Waals surface area (Å²) >= 11 is 0. The number of hydrogen-bond acceptors (Lipinski definition) is 16. The molecule has 3 aliphatic heterocycles. The molecule has 2 bridgehead atoms. The SMILES string of the molecule is CCOCCOCCOC1C[C@@H]2CC[C@@H](C)[C@@](O)(O2)C(=O)C(=O)N2CCCC[C@H]2C(=O)O[C@H]([C@H](C)C[C@@H]2CC[C@@H](OCCO)[C@H](OC)C2)CC(=O)[C@H](C)/C=C(\C)[C@@H](O)[C@@H](OC)C(=O)[C@H](C)C[C@H](C)/C=C/C=CC=C1C. The van der Waals surface area contributed by atoms with Crippen molar-refractivity contribution in [3.8, 4) is 0 Å². The van der Waals surface area contributed by atoms with Crippen molar-refractivity contribution in [2.75, 3.05) is 67.0 Å². The Hall–Kier alpha value is -3.49. The average molecular weight is 1060 g/mol. The zero-order valence-corrected chi connectivity index (χ0v) is 46.8. The fraction of sp³-hybridized carbons (Fsp3) is 0.776. The van der Waals surface area contributed by atoms with Gasteiger partial charge in [0.05, 0.1) is 64.1 Å². The lowest BCUT2D eigenvalue weighted by molar-refractivity contribution is -0.266. The monoisotopic (exact) mass is 1060 g/mol. The van der Waals surface area contributed by atoms with Gasteiger partial charge in [0.25, 0.3) is 11.7 Å². The van der Waals surface area contributed by atoms with Gasteiger partial charge in [0.2, 0.25) is 5.79 Å². The van der Waals surface area contributed by atoms with Crippen molar-refractivity contribution in [2.45, 2.75) is 187 Å². The van der Waals surface area contributed by atoms with E-state index in [2.05, 4.69) is 0 Å². The van der Waals surface area contributed by atoms with E-state index in [1.807, 2.05) is 65.0 Å². The number of cyclic esters (lactones) is 1. The molecule has 1 amide bonds. The number of fused-ring (bicyclic) bond motifs is 3. The van der Waals surface area contributed by atoms with Crippen LogP contribution in [-0.2, 0) is 61.9 Å². The van der Waals surface area contributed by atoms with Crippen LogP contribution in [0.2, 0.25) is 0 Å². The topological polar surface area (TPSA) is 223 Å². The lowest BCUT2D eigenvalue weighted by atomic mass is 9.78. The largest absolute Gasteiger partial charge is 0.460 e. The molecule has 17 nitrogen and oxygen atoms in total. The van der Waals surface area contributed by atoms with Gasteiger partial charge in [-0.05, 0) is 114 Å². The Balaban J connectivity index is 1.70. The number of rotatable bonds is 16. The van der Waals surface area contributed by atoms with Crippen molar-refractivity contribution in [3.63, 3.8) is 0 Å². The maximum absolute atomic E-state index is 14.6. The molecule has 3 fully saturated rings. The molecular weight excluding hydrogens is 967 g/mol. The number of hydrogen-bond donors (Lipinski definition) is 3. The van der Waals surface area contributed by atoms with Gasteiger partial charge in [-0.25, -0.2) is 4.79 Å². The summed E-state index contributed by atoms with van der Waals surface area (Å²) in [6, 6.07) is -1.17. The molecule has 1 unspecified atom stereocenters. The number of ether oxygens (including phenoxy) is 8. The maximum Gasteiger partial charge on any atom is 0.329 e. The highest BCUT2D eigenvalue weighted by molar-refractivity contribution is 6.39. The van der Waals surface area contributed by atoms with E-state index < -0.39 is 77.8 Å². The van der Waals surface area contributed by atoms with E-state index in [1.54, 1.807) is 34.0 Å². The normalized spacial score (nSPS) is 35.5. The second-order valence-electron chi connectivity index (χ2n) is 21.6. The molecule has 4 rings (SSSR count). The Morgan fingerprint density at radius 3 is 2.25 bits per heavy atom. The summed E-state index contributed by atoms with van der Waals surface area (Å²) in [4.78, 5) is 72.9. The standard InChI is InChI=1S/C58H93NO16/c1-11-70-27-28-71-29-30-73-49-35-45-22-20-43(8)58(67,75-45)55(64)56(65)59-24-16-15-19-46(59)57(66)74-50(40(5)33-44-21-23-48(72-26-25-60)51(34-44)68-9)36-47(61)39(4)32-42(7)53(63)54(69-10)52(62)41(6)31-37(2)17-13-12-14-18-38(49)3/h12-14,17-18,32,37,39-41,43-46,48-51,53-54,60,63,67H,11,15-16,19-31,33-36H2,1-10H3/b14-12?,17-13+,38-18?,42-32+/t37-,39-,40-,41-,43-,44+,45+,46+,48-,49?,50+,51-,53-,54+,58-/m1/s1. The number of carbonyl (C=O) groups excluding carboxylic acids is 5. The smallest absolute Gasteiger partial charge is 0.329 e. The van der Waals surface area contributed by atoms with Gasteiger partial charge in [0.15, 0.2) is 5.78 Å². The Morgan fingerprint density at radius 1 is 0.813 bits per heavy atom. The quantitative estimate of drug-likeness (QED) is 0.0639. The fourth-order valence-corrected chi connectivity index (χ4v) is 11.0. The third-order valence-corrected chi connectivity index (χ3v) is 15.7. The number of amides is 1. The van der Waals surface area contributed by atoms with E-state index in [-0.39, 0.29) is 87.2 Å². The van der Waals surface area contributed by atoms with Gasteiger partial charge in [-0.15, -0.1) is 0 Å². The van der Waals surface area contributed by atoms with Gasteiger partial charge >= 0.3 is 5.97 Å². The predicted molar refractivity (Wildman–Crippen MR) is 282 cm³/mol. The molecule has 0 aromatic carbocycles. The van der Waals surface area contributed by atoms with Crippen LogP contribution in [0.1, 0.15) is 132 Å². The second kappa shape index (κ2) is 32.4. The van der Waals surface area contributed by atoms with Crippen molar-refractivity contribution in [2.24, 2.45) is 35.5 Å². The number of methoxy groups -OCH3 is 2. The first-order chi connectivity index (χ1) is 35.8. The van der Waals surface area contributed by atoms with Gasteiger partial charge < -0.3 is 58.1 Å². The third kappa shape index (κ3) is 19.1. The molecule has 0 aromatic heterocycles.